The highest BCUT2D eigenvalue weighted by Crippen LogP contribution is 2.44. The van der Waals surface area contributed by atoms with Crippen LogP contribution in [0.15, 0.2) is 42.5 Å². The number of ether oxygens (including phenoxy) is 1. The van der Waals surface area contributed by atoms with Gasteiger partial charge in [-0.15, -0.1) is 0 Å². The summed E-state index contributed by atoms with van der Waals surface area (Å²) in [6.45, 7) is 5.45. The SMILES string of the molecule is CC(C)C(=O)N[C@]1(C)C[C@@H](c2ccc(F)cc2)O[C@@H](c2cccc(F)c2F)C1. The Hall–Kier alpha value is -2.34. The largest absolute Gasteiger partial charge is 0.365 e. The summed E-state index contributed by atoms with van der Waals surface area (Å²) in [5, 5.41) is 3.03. The molecule has 1 heterocycles. The smallest absolute Gasteiger partial charge is 0.222 e. The van der Waals surface area contributed by atoms with Crippen molar-refractivity contribution in [2.24, 2.45) is 5.92 Å². The van der Waals surface area contributed by atoms with E-state index in [1.165, 1.54) is 24.3 Å². The third kappa shape index (κ3) is 4.38. The fourth-order valence-electron chi connectivity index (χ4n) is 3.57. The molecule has 0 bridgehead atoms. The fraction of sp³-hybridized carbons (Fsp3) is 0.409. The monoisotopic (exact) mass is 391 g/mol. The second-order valence-corrected chi connectivity index (χ2v) is 7.92. The minimum Gasteiger partial charge on any atom is -0.365 e. The summed E-state index contributed by atoms with van der Waals surface area (Å²) in [4.78, 5) is 12.3. The number of rotatable bonds is 4. The van der Waals surface area contributed by atoms with Crippen molar-refractivity contribution in [3.8, 4) is 0 Å². The highest BCUT2D eigenvalue weighted by Gasteiger charge is 2.41. The van der Waals surface area contributed by atoms with Gasteiger partial charge >= 0.3 is 0 Å². The molecule has 0 saturated carbocycles. The molecule has 1 saturated heterocycles. The Bertz CT molecular complexity index is 853. The first-order valence-electron chi connectivity index (χ1n) is 9.35. The maximum absolute atomic E-state index is 14.4. The Morgan fingerprint density at radius 1 is 1.07 bits per heavy atom. The second kappa shape index (κ2) is 7.95. The predicted octanol–water partition coefficient (Wildman–Crippen LogP) is 5.23. The van der Waals surface area contributed by atoms with E-state index in [4.69, 9.17) is 4.74 Å². The van der Waals surface area contributed by atoms with Crippen LogP contribution in [0.5, 0.6) is 0 Å². The third-order valence-electron chi connectivity index (χ3n) is 5.12. The van der Waals surface area contributed by atoms with Gasteiger partial charge in [0.25, 0.3) is 0 Å². The van der Waals surface area contributed by atoms with Crippen LogP contribution in [0.2, 0.25) is 0 Å². The molecule has 2 aromatic carbocycles. The third-order valence-corrected chi connectivity index (χ3v) is 5.12. The van der Waals surface area contributed by atoms with Crippen molar-refractivity contribution in [1.29, 1.82) is 0 Å². The van der Waals surface area contributed by atoms with Gasteiger partial charge in [-0.3, -0.25) is 4.79 Å². The molecule has 3 rings (SSSR count). The second-order valence-electron chi connectivity index (χ2n) is 7.92. The molecular weight excluding hydrogens is 367 g/mol. The Labute approximate surface area is 162 Å². The van der Waals surface area contributed by atoms with Gasteiger partial charge in [-0.25, -0.2) is 13.2 Å². The molecule has 150 valence electrons. The van der Waals surface area contributed by atoms with E-state index in [9.17, 15) is 18.0 Å². The lowest BCUT2D eigenvalue weighted by Crippen LogP contribution is -2.52. The van der Waals surface area contributed by atoms with Crippen molar-refractivity contribution in [2.75, 3.05) is 0 Å². The zero-order valence-electron chi connectivity index (χ0n) is 16.1. The first-order chi connectivity index (χ1) is 13.2. The molecule has 3 atom stereocenters. The minimum atomic E-state index is -0.954. The van der Waals surface area contributed by atoms with Crippen LogP contribution in [-0.2, 0) is 9.53 Å². The molecule has 1 aliphatic rings. The normalized spacial score (nSPS) is 25.0. The average Bonchev–Trinajstić information content (AvgIpc) is 2.63. The maximum atomic E-state index is 14.4. The molecule has 0 radical (unpaired) electrons. The number of carbonyl (C=O) groups excluding carboxylic acids is 1. The molecule has 3 nitrogen and oxygen atoms in total. The van der Waals surface area contributed by atoms with Gasteiger partial charge in [0.1, 0.15) is 5.82 Å². The first-order valence-corrected chi connectivity index (χ1v) is 9.35. The molecule has 0 aromatic heterocycles. The minimum absolute atomic E-state index is 0.108. The number of carbonyl (C=O) groups is 1. The van der Waals surface area contributed by atoms with Gasteiger partial charge in [-0.1, -0.05) is 38.1 Å². The van der Waals surface area contributed by atoms with E-state index in [-0.39, 0.29) is 23.2 Å². The summed E-state index contributed by atoms with van der Waals surface area (Å²) >= 11 is 0. The number of hydrogen-bond donors (Lipinski definition) is 1. The van der Waals surface area contributed by atoms with Crippen LogP contribution in [0, 0.1) is 23.4 Å². The van der Waals surface area contributed by atoms with Crippen LogP contribution in [0.25, 0.3) is 0 Å². The maximum Gasteiger partial charge on any atom is 0.222 e. The van der Waals surface area contributed by atoms with Crippen molar-refractivity contribution in [3.05, 3.63) is 71.0 Å². The highest BCUT2D eigenvalue weighted by molar-refractivity contribution is 5.78. The Balaban J connectivity index is 1.96. The number of amides is 1. The fourth-order valence-corrected chi connectivity index (χ4v) is 3.57. The highest BCUT2D eigenvalue weighted by atomic mass is 19.2. The summed E-state index contributed by atoms with van der Waals surface area (Å²) in [6.07, 6.45) is -0.523. The van der Waals surface area contributed by atoms with Gasteiger partial charge in [0, 0.05) is 29.9 Å². The summed E-state index contributed by atoms with van der Waals surface area (Å²) in [5.41, 5.74) is 0.131. The van der Waals surface area contributed by atoms with Gasteiger partial charge in [-0.05, 0) is 30.7 Å². The van der Waals surface area contributed by atoms with Gasteiger partial charge in [0.15, 0.2) is 11.6 Å². The summed E-state index contributed by atoms with van der Waals surface area (Å²) in [7, 11) is 0. The van der Waals surface area contributed by atoms with Crippen molar-refractivity contribution in [3.63, 3.8) is 0 Å². The molecule has 1 fully saturated rings. The zero-order valence-corrected chi connectivity index (χ0v) is 16.1. The molecule has 0 aliphatic carbocycles. The Morgan fingerprint density at radius 2 is 1.71 bits per heavy atom. The van der Waals surface area contributed by atoms with Crippen LogP contribution in [0.4, 0.5) is 13.2 Å². The molecule has 1 aliphatic heterocycles. The van der Waals surface area contributed by atoms with E-state index in [1.54, 1.807) is 26.0 Å². The summed E-state index contributed by atoms with van der Waals surface area (Å²) in [5.74, 6) is -2.61. The van der Waals surface area contributed by atoms with E-state index in [0.29, 0.717) is 18.4 Å². The van der Waals surface area contributed by atoms with E-state index in [0.717, 1.165) is 6.07 Å². The standard InChI is InChI=1S/C22H24F3NO2/c1-13(2)21(27)26-22(3)11-18(14-7-9-15(23)10-8-14)28-19(12-22)16-5-4-6-17(24)20(16)25/h4-10,13,18-19H,11-12H2,1-3H3,(H,26,27)/t18-,19+,22+/m0/s1. The van der Waals surface area contributed by atoms with Crippen LogP contribution in [0.1, 0.15) is 56.9 Å². The quantitative estimate of drug-likeness (QED) is 0.775. The molecule has 2 aromatic rings. The first kappa shape index (κ1) is 20.4. The van der Waals surface area contributed by atoms with Crippen molar-refractivity contribution in [1.82, 2.24) is 5.32 Å². The van der Waals surface area contributed by atoms with Crippen LogP contribution in [0.3, 0.4) is 0 Å². The number of hydrogen-bond acceptors (Lipinski definition) is 2. The Kier molecular flexibility index (Phi) is 5.79. The van der Waals surface area contributed by atoms with Crippen LogP contribution >= 0.6 is 0 Å². The average molecular weight is 391 g/mol. The number of benzene rings is 2. The van der Waals surface area contributed by atoms with Gasteiger partial charge < -0.3 is 10.1 Å². The lowest BCUT2D eigenvalue weighted by molar-refractivity contribution is -0.131. The van der Waals surface area contributed by atoms with Crippen molar-refractivity contribution < 1.29 is 22.7 Å². The van der Waals surface area contributed by atoms with E-state index >= 15 is 0 Å². The van der Waals surface area contributed by atoms with E-state index < -0.39 is 29.4 Å². The molecule has 6 heteroatoms. The Morgan fingerprint density at radius 3 is 2.36 bits per heavy atom. The van der Waals surface area contributed by atoms with Crippen LogP contribution in [-0.4, -0.2) is 11.4 Å². The van der Waals surface area contributed by atoms with Crippen LogP contribution < -0.4 is 5.32 Å². The molecule has 28 heavy (non-hydrogen) atoms. The van der Waals surface area contributed by atoms with Crippen molar-refractivity contribution in [2.45, 2.75) is 51.4 Å². The summed E-state index contributed by atoms with van der Waals surface area (Å²) < 4.78 is 47.6. The van der Waals surface area contributed by atoms with E-state index in [2.05, 4.69) is 5.32 Å². The lowest BCUT2D eigenvalue weighted by atomic mass is 9.81. The molecule has 1 amide bonds. The van der Waals surface area contributed by atoms with Gasteiger partial charge in [0.05, 0.1) is 12.2 Å². The lowest BCUT2D eigenvalue weighted by Gasteiger charge is -2.43. The van der Waals surface area contributed by atoms with Gasteiger partial charge in [0.2, 0.25) is 5.91 Å². The molecule has 0 unspecified atom stereocenters. The number of nitrogens with one attached hydrogen (secondary N) is 1. The van der Waals surface area contributed by atoms with Crippen molar-refractivity contribution >= 4 is 5.91 Å². The van der Waals surface area contributed by atoms with Gasteiger partial charge in [-0.2, -0.15) is 0 Å². The topological polar surface area (TPSA) is 38.3 Å². The summed E-state index contributed by atoms with van der Waals surface area (Å²) in [6, 6.07) is 9.84. The molecule has 1 N–H and O–H groups in total. The van der Waals surface area contributed by atoms with E-state index in [1.807, 2.05) is 6.92 Å². The molecule has 0 spiro atoms. The zero-order chi connectivity index (χ0) is 20.5. The predicted molar refractivity (Wildman–Crippen MR) is 99.9 cm³/mol. The molecular formula is C22H24F3NO2. The number of halogens is 3.